The number of quaternary nitrogens is 1. The lowest BCUT2D eigenvalue weighted by atomic mass is 10.2. The van der Waals surface area contributed by atoms with E-state index >= 15 is 0 Å². The molecule has 0 saturated carbocycles. The fourth-order valence-electron chi connectivity index (χ4n) is 2.87. The lowest BCUT2D eigenvalue weighted by Gasteiger charge is -2.29. The molecule has 28 heavy (non-hydrogen) atoms. The molecule has 0 atom stereocenters. The summed E-state index contributed by atoms with van der Waals surface area (Å²) < 4.78 is 41.2. The molecule has 10 heteroatoms. The minimum Gasteiger partial charge on any atom is -0.335 e. The smallest absolute Gasteiger partial charge is 0.255 e. The average molecular weight is 447 g/mol. The Morgan fingerprint density at radius 2 is 1.79 bits per heavy atom. The van der Waals surface area contributed by atoms with Gasteiger partial charge in [0.1, 0.15) is 10.7 Å². The van der Waals surface area contributed by atoms with Crippen LogP contribution in [0.2, 0.25) is 10.0 Å². The first-order valence-electron chi connectivity index (χ1n) is 8.56. The number of amides is 1. The monoisotopic (exact) mass is 446 g/mol. The number of nitrogens with zero attached hydrogens (tertiary/aromatic N) is 1. The summed E-state index contributed by atoms with van der Waals surface area (Å²) in [5.41, 5.74) is 0.404. The van der Waals surface area contributed by atoms with Gasteiger partial charge in [0.25, 0.3) is 5.91 Å². The quantitative estimate of drug-likeness (QED) is 0.753. The molecular formula is C18H19Cl2FN3O3S+. The third-order valence-electron chi connectivity index (χ3n) is 4.56. The number of hydrogen-bond acceptors (Lipinski definition) is 3. The van der Waals surface area contributed by atoms with E-state index in [0.29, 0.717) is 36.9 Å². The number of benzene rings is 2. The van der Waals surface area contributed by atoms with E-state index in [0.717, 1.165) is 12.1 Å². The Hall–Kier alpha value is -1.71. The standard InChI is InChI=1S/C18H18Cl2FN3O3S/c1-23-6-8-24(9-7-23)28(26,27)17-10-12(2-5-16(17)21)18(25)22-13-3-4-14(19)15(20)11-13/h2-5,10-11H,6-9H2,1H3,(H,22,25)/p+1. The Bertz CT molecular complexity index is 1010. The van der Waals surface area contributed by atoms with Crippen molar-refractivity contribution in [3.63, 3.8) is 0 Å². The van der Waals surface area contributed by atoms with Crippen LogP contribution in [0.5, 0.6) is 0 Å². The molecule has 3 rings (SSSR count). The Kier molecular flexibility index (Phi) is 6.26. The molecule has 150 valence electrons. The van der Waals surface area contributed by atoms with Crippen molar-refractivity contribution < 1.29 is 22.5 Å². The summed E-state index contributed by atoms with van der Waals surface area (Å²) in [5.74, 6) is -1.48. The van der Waals surface area contributed by atoms with Gasteiger partial charge in [-0.15, -0.1) is 0 Å². The Labute approximate surface area is 172 Å². The topological polar surface area (TPSA) is 70.9 Å². The van der Waals surface area contributed by atoms with Crippen LogP contribution < -0.4 is 10.2 Å². The van der Waals surface area contributed by atoms with Gasteiger partial charge in [0.2, 0.25) is 10.0 Å². The van der Waals surface area contributed by atoms with E-state index in [2.05, 4.69) is 5.32 Å². The Morgan fingerprint density at radius 1 is 1.11 bits per heavy atom. The van der Waals surface area contributed by atoms with E-state index in [-0.39, 0.29) is 10.6 Å². The second kappa shape index (κ2) is 8.34. The van der Waals surface area contributed by atoms with Gasteiger partial charge >= 0.3 is 0 Å². The zero-order chi connectivity index (χ0) is 20.5. The minimum absolute atomic E-state index is 0.0193. The van der Waals surface area contributed by atoms with Crippen LogP contribution >= 0.6 is 23.2 Å². The third kappa shape index (κ3) is 4.47. The van der Waals surface area contributed by atoms with E-state index in [4.69, 9.17) is 23.2 Å². The number of carbonyl (C=O) groups excluding carboxylic acids is 1. The SMILES string of the molecule is C[NH+]1CCN(S(=O)(=O)c2cc(C(=O)Nc3ccc(Cl)c(Cl)c3)ccc2F)CC1. The molecule has 2 aromatic carbocycles. The molecule has 1 fully saturated rings. The van der Waals surface area contributed by atoms with Crippen molar-refractivity contribution in [2.45, 2.75) is 4.90 Å². The highest BCUT2D eigenvalue weighted by Crippen LogP contribution is 2.26. The molecule has 0 spiro atoms. The first-order chi connectivity index (χ1) is 13.2. The lowest BCUT2D eigenvalue weighted by molar-refractivity contribution is -0.883. The third-order valence-corrected chi connectivity index (χ3v) is 7.22. The zero-order valence-corrected chi connectivity index (χ0v) is 17.3. The number of halogens is 3. The highest BCUT2D eigenvalue weighted by molar-refractivity contribution is 7.89. The fourth-order valence-corrected chi connectivity index (χ4v) is 4.70. The van der Waals surface area contributed by atoms with Crippen molar-refractivity contribution in [3.05, 3.63) is 57.8 Å². The molecular weight excluding hydrogens is 428 g/mol. The molecule has 0 radical (unpaired) electrons. The van der Waals surface area contributed by atoms with Crippen molar-refractivity contribution in [1.29, 1.82) is 0 Å². The van der Waals surface area contributed by atoms with Crippen LogP contribution in [-0.2, 0) is 10.0 Å². The highest BCUT2D eigenvalue weighted by atomic mass is 35.5. The molecule has 1 saturated heterocycles. The number of hydrogen-bond donors (Lipinski definition) is 2. The van der Waals surface area contributed by atoms with Gasteiger partial charge in [0, 0.05) is 11.3 Å². The van der Waals surface area contributed by atoms with E-state index in [1.165, 1.54) is 27.4 Å². The van der Waals surface area contributed by atoms with Crippen LogP contribution in [0, 0.1) is 5.82 Å². The normalized spacial score (nSPS) is 16.1. The summed E-state index contributed by atoms with van der Waals surface area (Å²) >= 11 is 11.8. The molecule has 2 N–H and O–H groups in total. The van der Waals surface area contributed by atoms with E-state index in [9.17, 15) is 17.6 Å². The zero-order valence-electron chi connectivity index (χ0n) is 15.0. The van der Waals surface area contributed by atoms with Gasteiger partial charge in [-0.05, 0) is 36.4 Å². The van der Waals surface area contributed by atoms with Gasteiger partial charge in [-0.25, -0.2) is 12.8 Å². The molecule has 2 aromatic rings. The number of carbonyl (C=O) groups is 1. The van der Waals surface area contributed by atoms with Gasteiger partial charge < -0.3 is 10.2 Å². The summed E-state index contributed by atoms with van der Waals surface area (Å²) in [6.45, 7) is 1.87. The molecule has 0 aromatic heterocycles. The van der Waals surface area contributed by atoms with Crippen LogP contribution in [0.25, 0.3) is 0 Å². The second-order valence-electron chi connectivity index (χ2n) is 6.59. The number of nitrogens with one attached hydrogen (secondary N) is 2. The first kappa shape index (κ1) is 21.0. The Balaban J connectivity index is 1.86. The van der Waals surface area contributed by atoms with Crippen molar-refractivity contribution >= 4 is 44.8 Å². The largest absolute Gasteiger partial charge is 0.335 e. The van der Waals surface area contributed by atoms with Crippen molar-refractivity contribution in [2.24, 2.45) is 0 Å². The summed E-state index contributed by atoms with van der Waals surface area (Å²) in [4.78, 5) is 13.2. The maximum absolute atomic E-state index is 14.3. The molecule has 1 amide bonds. The van der Waals surface area contributed by atoms with Crippen LogP contribution in [0.15, 0.2) is 41.3 Å². The van der Waals surface area contributed by atoms with Crippen molar-refractivity contribution in [3.8, 4) is 0 Å². The van der Waals surface area contributed by atoms with E-state index < -0.39 is 26.6 Å². The fraction of sp³-hybridized carbons (Fsp3) is 0.278. The predicted octanol–water partition coefficient (Wildman–Crippen LogP) is 1.90. The van der Waals surface area contributed by atoms with Crippen LogP contribution in [0.3, 0.4) is 0 Å². The van der Waals surface area contributed by atoms with Crippen molar-refractivity contribution in [1.82, 2.24) is 4.31 Å². The first-order valence-corrected chi connectivity index (χ1v) is 10.8. The highest BCUT2D eigenvalue weighted by Gasteiger charge is 2.31. The number of rotatable bonds is 4. The molecule has 1 aliphatic rings. The molecule has 6 nitrogen and oxygen atoms in total. The van der Waals surface area contributed by atoms with Crippen LogP contribution in [-0.4, -0.2) is 51.9 Å². The van der Waals surface area contributed by atoms with E-state index in [1.54, 1.807) is 6.07 Å². The van der Waals surface area contributed by atoms with E-state index in [1.807, 2.05) is 7.05 Å². The maximum Gasteiger partial charge on any atom is 0.255 e. The number of likely N-dealkylation sites (N-methyl/N-ethyl adjacent to an activating group) is 1. The van der Waals surface area contributed by atoms with Gasteiger partial charge in [-0.1, -0.05) is 23.2 Å². The lowest BCUT2D eigenvalue weighted by Crippen LogP contribution is -3.12. The molecule has 0 bridgehead atoms. The van der Waals surface area contributed by atoms with Gasteiger partial charge in [0.05, 0.1) is 43.3 Å². The summed E-state index contributed by atoms with van der Waals surface area (Å²) in [6, 6.07) is 7.82. The minimum atomic E-state index is -4.03. The summed E-state index contributed by atoms with van der Waals surface area (Å²) in [6.07, 6.45) is 0. The van der Waals surface area contributed by atoms with Crippen molar-refractivity contribution in [2.75, 3.05) is 38.5 Å². The van der Waals surface area contributed by atoms with Crippen LogP contribution in [0.1, 0.15) is 10.4 Å². The predicted molar refractivity (Wildman–Crippen MR) is 106 cm³/mol. The average Bonchev–Trinajstić information content (AvgIpc) is 2.65. The number of piperazine rings is 1. The summed E-state index contributed by atoms with van der Waals surface area (Å²) in [7, 11) is -2.06. The molecule has 0 unspecified atom stereocenters. The number of anilines is 1. The molecule has 1 aliphatic heterocycles. The van der Waals surface area contributed by atoms with Gasteiger partial charge in [-0.3, -0.25) is 4.79 Å². The molecule has 1 heterocycles. The van der Waals surface area contributed by atoms with Crippen LogP contribution in [0.4, 0.5) is 10.1 Å². The summed E-state index contributed by atoms with van der Waals surface area (Å²) in [5, 5.41) is 3.19. The number of sulfonamides is 1. The molecule has 0 aliphatic carbocycles. The van der Waals surface area contributed by atoms with Gasteiger partial charge in [0.15, 0.2) is 0 Å². The maximum atomic E-state index is 14.3. The van der Waals surface area contributed by atoms with Gasteiger partial charge in [-0.2, -0.15) is 4.31 Å². The Morgan fingerprint density at radius 3 is 2.43 bits per heavy atom. The second-order valence-corrected chi connectivity index (χ2v) is 9.31.